The minimum absolute atomic E-state index is 0.479. The molecule has 2 heterocycles. The number of para-hydroxylation sites is 1. The van der Waals surface area contributed by atoms with Crippen LogP contribution in [0.1, 0.15) is 30.9 Å². The van der Waals surface area contributed by atoms with Crippen molar-refractivity contribution in [2.75, 3.05) is 11.9 Å². The van der Waals surface area contributed by atoms with Gasteiger partial charge in [0.05, 0.1) is 0 Å². The molecule has 0 saturated carbocycles. The molecular weight excluding hydrogens is 234 g/mol. The third kappa shape index (κ3) is 3.12. The molecule has 0 bridgehead atoms. The van der Waals surface area contributed by atoms with Gasteiger partial charge in [0.2, 0.25) is 0 Å². The van der Waals surface area contributed by atoms with E-state index in [-0.39, 0.29) is 0 Å². The summed E-state index contributed by atoms with van der Waals surface area (Å²) in [5.41, 5.74) is 2.36. The summed E-state index contributed by atoms with van der Waals surface area (Å²) in [5, 5.41) is 6.85. The van der Waals surface area contributed by atoms with Crippen molar-refractivity contribution in [3.05, 3.63) is 54.2 Å². The summed E-state index contributed by atoms with van der Waals surface area (Å²) in [6, 6.07) is 14.8. The van der Waals surface area contributed by atoms with Crippen LogP contribution >= 0.6 is 0 Å². The average Bonchev–Trinajstić information content (AvgIpc) is 2.50. The SMILES string of the molecule is c1ccc(Nc2ccc([C@H]3CCCCN3)cn2)cc1. The van der Waals surface area contributed by atoms with Gasteiger partial charge in [0, 0.05) is 17.9 Å². The van der Waals surface area contributed by atoms with Gasteiger partial charge in [-0.3, -0.25) is 0 Å². The second-order valence-electron chi connectivity index (χ2n) is 4.97. The highest BCUT2D eigenvalue weighted by Gasteiger charge is 2.14. The fourth-order valence-corrected chi connectivity index (χ4v) is 2.49. The van der Waals surface area contributed by atoms with E-state index >= 15 is 0 Å². The summed E-state index contributed by atoms with van der Waals surface area (Å²) in [6.45, 7) is 1.12. The molecule has 1 aromatic carbocycles. The first-order chi connectivity index (χ1) is 9.42. The molecule has 1 aliphatic rings. The smallest absolute Gasteiger partial charge is 0.130 e. The Morgan fingerprint density at radius 3 is 2.63 bits per heavy atom. The Labute approximate surface area is 114 Å². The minimum atomic E-state index is 0.479. The maximum Gasteiger partial charge on any atom is 0.130 e. The van der Waals surface area contributed by atoms with E-state index in [1.165, 1.54) is 24.8 Å². The molecule has 1 fully saturated rings. The molecule has 2 N–H and O–H groups in total. The monoisotopic (exact) mass is 253 g/mol. The molecule has 0 radical (unpaired) electrons. The van der Waals surface area contributed by atoms with Gasteiger partial charge in [-0.2, -0.15) is 0 Å². The van der Waals surface area contributed by atoms with Gasteiger partial charge in [0.15, 0.2) is 0 Å². The zero-order chi connectivity index (χ0) is 12.9. The van der Waals surface area contributed by atoms with Crippen molar-refractivity contribution >= 4 is 11.5 Å². The molecule has 1 aromatic heterocycles. The number of hydrogen-bond donors (Lipinski definition) is 2. The number of nitrogens with one attached hydrogen (secondary N) is 2. The molecule has 1 aliphatic heterocycles. The maximum atomic E-state index is 4.50. The second-order valence-corrected chi connectivity index (χ2v) is 4.97. The van der Waals surface area contributed by atoms with E-state index in [1.807, 2.05) is 36.5 Å². The lowest BCUT2D eigenvalue weighted by atomic mass is 9.99. The van der Waals surface area contributed by atoms with Crippen LogP contribution in [-0.2, 0) is 0 Å². The van der Waals surface area contributed by atoms with E-state index in [0.717, 1.165) is 18.1 Å². The molecule has 19 heavy (non-hydrogen) atoms. The molecule has 2 aromatic rings. The van der Waals surface area contributed by atoms with Crippen LogP contribution in [0.5, 0.6) is 0 Å². The van der Waals surface area contributed by atoms with Crippen molar-refractivity contribution < 1.29 is 0 Å². The van der Waals surface area contributed by atoms with Crippen molar-refractivity contribution in [2.45, 2.75) is 25.3 Å². The van der Waals surface area contributed by atoms with E-state index in [4.69, 9.17) is 0 Å². The lowest BCUT2D eigenvalue weighted by Gasteiger charge is -2.23. The molecule has 3 nitrogen and oxygen atoms in total. The van der Waals surface area contributed by atoms with Crippen molar-refractivity contribution in [3.63, 3.8) is 0 Å². The first-order valence-electron chi connectivity index (χ1n) is 6.93. The Morgan fingerprint density at radius 2 is 1.95 bits per heavy atom. The number of piperidine rings is 1. The molecule has 1 atom stereocenters. The van der Waals surface area contributed by atoms with Gasteiger partial charge < -0.3 is 10.6 Å². The summed E-state index contributed by atoms with van der Waals surface area (Å²) in [6.07, 6.45) is 5.79. The number of aromatic nitrogens is 1. The first kappa shape index (κ1) is 12.2. The van der Waals surface area contributed by atoms with Crippen molar-refractivity contribution in [2.24, 2.45) is 0 Å². The maximum absolute atomic E-state index is 4.50. The summed E-state index contributed by atoms with van der Waals surface area (Å²) < 4.78 is 0. The third-order valence-corrected chi connectivity index (χ3v) is 3.55. The van der Waals surface area contributed by atoms with Crippen LogP contribution in [0.3, 0.4) is 0 Å². The van der Waals surface area contributed by atoms with Gasteiger partial charge in [0.25, 0.3) is 0 Å². The van der Waals surface area contributed by atoms with Crippen LogP contribution < -0.4 is 10.6 Å². The van der Waals surface area contributed by atoms with E-state index < -0.39 is 0 Å². The van der Waals surface area contributed by atoms with Crippen LogP contribution in [0.25, 0.3) is 0 Å². The van der Waals surface area contributed by atoms with Crippen LogP contribution in [0, 0.1) is 0 Å². The van der Waals surface area contributed by atoms with Crippen molar-refractivity contribution in [3.8, 4) is 0 Å². The summed E-state index contributed by atoms with van der Waals surface area (Å²) >= 11 is 0. The first-order valence-corrected chi connectivity index (χ1v) is 6.93. The van der Waals surface area contributed by atoms with Gasteiger partial charge in [-0.15, -0.1) is 0 Å². The largest absolute Gasteiger partial charge is 0.340 e. The second kappa shape index (κ2) is 5.85. The molecular formula is C16H19N3. The van der Waals surface area contributed by atoms with Crippen LogP contribution in [0.15, 0.2) is 48.7 Å². The number of nitrogens with zero attached hydrogens (tertiary/aromatic N) is 1. The molecule has 0 amide bonds. The third-order valence-electron chi connectivity index (χ3n) is 3.55. The number of anilines is 2. The standard InChI is InChI=1S/C16H19N3/c1-2-6-14(7-3-1)19-16-10-9-13(12-18-16)15-8-4-5-11-17-15/h1-3,6-7,9-10,12,15,17H,4-5,8,11H2,(H,18,19)/t15-/m1/s1. The Bertz CT molecular complexity index is 501. The summed E-state index contributed by atoms with van der Waals surface area (Å²) in [7, 11) is 0. The normalized spacial score (nSPS) is 19.1. The molecule has 0 unspecified atom stereocenters. The fraction of sp³-hybridized carbons (Fsp3) is 0.312. The van der Waals surface area contributed by atoms with Crippen molar-refractivity contribution in [1.82, 2.24) is 10.3 Å². The zero-order valence-corrected chi connectivity index (χ0v) is 11.0. The van der Waals surface area contributed by atoms with Crippen LogP contribution in [0.2, 0.25) is 0 Å². The van der Waals surface area contributed by atoms with Crippen molar-refractivity contribution in [1.29, 1.82) is 0 Å². The van der Waals surface area contributed by atoms with E-state index in [2.05, 4.69) is 27.8 Å². The van der Waals surface area contributed by atoms with E-state index in [9.17, 15) is 0 Å². The topological polar surface area (TPSA) is 37.0 Å². The zero-order valence-electron chi connectivity index (χ0n) is 11.0. The highest BCUT2D eigenvalue weighted by atomic mass is 15.0. The lowest BCUT2D eigenvalue weighted by molar-refractivity contribution is 0.411. The Kier molecular flexibility index (Phi) is 3.75. The van der Waals surface area contributed by atoms with Crippen LogP contribution in [0.4, 0.5) is 11.5 Å². The quantitative estimate of drug-likeness (QED) is 0.877. The average molecular weight is 253 g/mol. The predicted molar refractivity (Wildman–Crippen MR) is 78.6 cm³/mol. The number of pyridine rings is 1. The Morgan fingerprint density at radius 1 is 1.05 bits per heavy atom. The number of hydrogen-bond acceptors (Lipinski definition) is 3. The molecule has 0 aliphatic carbocycles. The molecule has 98 valence electrons. The molecule has 3 rings (SSSR count). The van der Waals surface area contributed by atoms with Gasteiger partial charge in [-0.05, 0) is 43.1 Å². The minimum Gasteiger partial charge on any atom is -0.340 e. The Balaban J connectivity index is 1.68. The number of benzene rings is 1. The summed E-state index contributed by atoms with van der Waals surface area (Å²) in [4.78, 5) is 4.50. The summed E-state index contributed by atoms with van der Waals surface area (Å²) in [5.74, 6) is 0.894. The van der Waals surface area contributed by atoms with Gasteiger partial charge >= 0.3 is 0 Å². The lowest BCUT2D eigenvalue weighted by Crippen LogP contribution is -2.26. The highest BCUT2D eigenvalue weighted by Crippen LogP contribution is 2.23. The number of rotatable bonds is 3. The molecule has 1 saturated heterocycles. The van der Waals surface area contributed by atoms with E-state index in [1.54, 1.807) is 0 Å². The fourth-order valence-electron chi connectivity index (χ4n) is 2.49. The highest BCUT2D eigenvalue weighted by molar-refractivity contribution is 5.55. The molecule has 0 spiro atoms. The Hall–Kier alpha value is -1.87. The van der Waals surface area contributed by atoms with Crippen LogP contribution in [-0.4, -0.2) is 11.5 Å². The van der Waals surface area contributed by atoms with Gasteiger partial charge in [0.1, 0.15) is 5.82 Å². The van der Waals surface area contributed by atoms with E-state index in [0.29, 0.717) is 6.04 Å². The predicted octanol–water partition coefficient (Wildman–Crippen LogP) is 3.64. The molecule has 3 heteroatoms. The van der Waals surface area contributed by atoms with Gasteiger partial charge in [-0.1, -0.05) is 30.7 Å². The van der Waals surface area contributed by atoms with Gasteiger partial charge in [-0.25, -0.2) is 4.98 Å².